The monoisotopic (exact) mass is 977 g/mol. The molecule has 69 heavy (non-hydrogen) atoms. The van der Waals surface area contributed by atoms with E-state index in [9.17, 15) is 26.2 Å². The van der Waals surface area contributed by atoms with E-state index in [1.807, 2.05) is 6.92 Å². The molecule has 15 heteroatoms. The second kappa shape index (κ2) is 20.6. The van der Waals surface area contributed by atoms with Crippen LogP contribution in [0.5, 0.6) is 0 Å². The fourth-order valence-electron chi connectivity index (χ4n) is 11.0. The molecule has 2 fully saturated rings. The van der Waals surface area contributed by atoms with Crippen LogP contribution in [0.25, 0.3) is 21.5 Å². The van der Waals surface area contributed by atoms with Crippen LogP contribution in [0, 0.1) is 0 Å². The van der Waals surface area contributed by atoms with E-state index in [2.05, 4.69) is 145 Å². The molecule has 4 aromatic rings. The molecule has 1 amide bonds. The number of nitrogens with zero attached hydrogens (tertiary/aromatic N) is 4. The molecule has 4 aromatic carbocycles. The summed E-state index contributed by atoms with van der Waals surface area (Å²) in [4.78, 5) is 19.3. The zero-order chi connectivity index (χ0) is 49.1. The van der Waals surface area contributed by atoms with Gasteiger partial charge in [0.15, 0.2) is 13.1 Å². The number of amides is 1. The lowest BCUT2D eigenvalue weighted by molar-refractivity contribution is -0.537. The first-order valence-electron chi connectivity index (χ1n) is 24.5. The number of nitrogens with one attached hydrogen (secondary N) is 1. The van der Waals surface area contributed by atoms with E-state index in [4.69, 9.17) is 9.02 Å². The van der Waals surface area contributed by atoms with Crippen LogP contribution in [-0.4, -0.2) is 107 Å². The number of piperazine rings is 1. The Hall–Kier alpha value is -5.32. The Bertz CT molecular complexity index is 3000. The van der Waals surface area contributed by atoms with Crippen molar-refractivity contribution in [1.82, 2.24) is 10.4 Å². The van der Waals surface area contributed by atoms with Gasteiger partial charge in [0.25, 0.3) is 10.1 Å². The molecule has 0 bridgehead atoms. The molecule has 3 heterocycles. The lowest BCUT2D eigenvalue weighted by Gasteiger charge is -2.27. The van der Waals surface area contributed by atoms with Crippen molar-refractivity contribution >= 4 is 65.0 Å². The molecular formula is C54H67N5O8S2. The standard InChI is InChI=1S/C54H67N5O8S2/c1-7-55-67-69(64,65)38-16-14-32-59-46-28-24-40-18-10-12-20-44(40)50(46)54(5,6)48(59)30-26-42-22-21-41(51(42)56-33-35-57(36-34-56)52(60)66-8-2)25-29-47-53(3,4)49-43-19-11-9-17-39(43)23-27-45(49)58(47)31-13-15-37-68(61,62)63/h9-12,17-20,23-30,55H,7-8,13-16,21-22,31-38H2,1-6H3. The van der Waals surface area contributed by atoms with Crippen molar-refractivity contribution in [2.75, 3.05) is 73.7 Å². The number of hydrogen-bond acceptors (Lipinski definition) is 11. The normalized spacial score (nSPS) is 20.4. The number of anilines is 2. The van der Waals surface area contributed by atoms with Crippen molar-refractivity contribution < 1.29 is 39.8 Å². The lowest BCUT2D eigenvalue weighted by atomic mass is 9.81. The van der Waals surface area contributed by atoms with E-state index in [-0.39, 0.29) is 29.4 Å². The summed E-state index contributed by atoms with van der Waals surface area (Å²) in [5.74, 6) is -0.472. The largest absolute Gasteiger partial charge is 0.748 e. The molecule has 1 saturated heterocycles. The maximum Gasteiger partial charge on any atom is 0.410 e. The van der Waals surface area contributed by atoms with Gasteiger partial charge in [0.1, 0.15) is 0 Å². The molecule has 0 radical (unpaired) electrons. The van der Waals surface area contributed by atoms with Gasteiger partial charge in [-0.05, 0) is 102 Å². The van der Waals surface area contributed by atoms with Crippen LogP contribution >= 0.6 is 0 Å². The molecule has 0 spiro atoms. The zero-order valence-corrected chi connectivity index (χ0v) is 42.6. The predicted molar refractivity (Wildman–Crippen MR) is 275 cm³/mol. The van der Waals surface area contributed by atoms with Gasteiger partial charge < -0.3 is 19.1 Å². The Morgan fingerprint density at radius 2 is 1.19 bits per heavy atom. The van der Waals surface area contributed by atoms with E-state index >= 15 is 0 Å². The molecule has 0 unspecified atom stereocenters. The molecule has 1 saturated carbocycles. The SMILES string of the molecule is CCNOS(=O)(=O)CCCCN1/C(=C/C=C2\CC/C(=C\C=C3\N(CCCCS(=O)(=O)[O-])c4ccc5ccccc5c4C3(C)C)C2=[N+]2CCN(C(=O)OCC)CC2)C(C)(C)c2c1ccc1ccccc21. The zero-order valence-electron chi connectivity index (χ0n) is 40.9. The summed E-state index contributed by atoms with van der Waals surface area (Å²) >= 11 is 0. The molecule has 1 N–H and O–H groups in total. The van der Waals surface area contributed by atoms with Crippen LogP contribution in [0.2, 0.25) is 0 Å². The molecule has 0 atom stereocenters. The maximum atomic E-state index is 12.9. The molecule has 4 aliphatic rings. The van der Waals surface area contributed by atoms with Crippen molar-refractivity contribution in [3.63, 3.8) is 0 Å². The number of allylic oxidation sites excluding steroid dienone is 8. The Morgan fingerprint density at radius 1 is 0.696 bits per heavy atom. The molecule has 1 aliphatic carbocycles. The van der Waals surface area contributed by atoms with E-state index < -0.39 is 25.7 Å². The predicted octanol–water partition coefficient (Wildman–Crippen LogP) is 9.20. The summed E-state index contributed by atoms with van der Waals surface area (Å²) in [5, 5.41) is 4.70. The highest BCUT2D eigenvalue weighted by Crippen LogP contribution is 2.52. The molecular weight excluding hydrogens is 911 g/mol. The van der Waals surface area contributed by atoms with E-state index in [0.717, 1.165) is 46.7 Å². The number of ether oxygens (including phenoxy) is 1. The van der Waals surface area contributed by atoms with Crippen LogP contribution in [0.1, 0.15) is 91.2 Å². The highest BCUT2D eigenvalue weighted by Gasteiger charge is 2.43. The summed E-state index contributed by atoms with van der Waals surface area (Å²) in [6.07, 6.45) is 12.3. The number of hydrogen-bond donors (Lipinski definition) is 1. The summed E-state index contributed by atoms with van der Waals surface area (Å²) in [6.45, 7) is 16.9. The number of benzene rings is 4. The molecule has 368 valence electrons. The average molecular weight is 978 g/mol. The molecule has 8 rings (SSSR count). The average Bonchev–Trinajstić information content (AvgIpc) is 3.90. The van der Waals surface area contributed by atoms with Gasteiger partial charge in [0, 0.05) is 70.1 Å². The minimum absolute atomic E-state index is 0.0820. The highest BCUT2D eigenvalue weighted by molar-refractivity contribution is 7.86. The van der Waals surface area contributed by atoms with Crippen molar-refractivity contribution in [1.29, 1.82) is 0 Å². The van der Waals surface area contributed by atoms with E-state index in [1.54, 1.807) is 11.8 Å². The van der Waals surface area contributed by atoms with Crippen LogP contribution in [0.3, 0.4) is 0 Å². The van der Waals surface area contributed by atoms with Crippen molar-refractivity contribution in [3.05, 3.63) is 131 Å². The summed E-state index contributed by atoms with van der Waals surface area (Å²) in [5.41, 5.74) is 12.2. The first-order chi connectivity index (χ1) is 32.9. The molecule has 13 nitrogen and oxygen atoms in total. The number of unbranched alkanes of at least 4 members (excludes halogenated alkanes) is 2. The minimum atomic E-state index is -4.32. The highest BCUT2D eigenvalue weighted by atomic mass is 32.2. The maximum absolute atomic E-state index is 12.9. The second-order valence-corrected chi connectivity index (χ2v) is 22.7. The van der Waals surface area contributed by atoms with Crippen molar-refractivity contribution in [3.8, 4) is 0 Å². The summed E-state index contributed by atoms with van der Waals surface area (Å²) in [7, 11) is -8.03. The quantitative estimate of drug-likeness (QED) is 0.0495. The van der Waals surface area contributed by atoms with Gasteiger partial charge in [-0.1, -0.05) is 107 Å². The number of carbonyl (C=O) groups is 1. The van der Waals surface area contributed by atoms with Gasteiger partial charge in [-0.25, -0.2) is 17.8 Å². The van der Waals surface area contributed by atoms with Crippen LogP contribution in [0.15, 0.2) is 120 Å². The third kappa shape index (κ3) is 10.6. The van der Waals surface area contributed by atoms with Gasteiger partial charge in [-0.2, -0.15) is 18.2 Å². The van der Waals surface area contributed by atoms with Crippen LogP contribution < -0.4 is 15.3 Å². The first-order valence-corrected chi connectivity index (χ1v) is 27.6. The number of rotatable bonds is 16. The van der Waals surface area contributed by atoms with Crippen LogP contribution in [-0.2, 0) is 40.1 Å². The first kappa shape index (κ1) is 50.1. The Labute approximate surface area is 408 Å². The van der Waals surface area contributed by atoms with Crippen molar-refractivity contribution in [2.45, 2.75) is 90.9 Å². The summed E-state index contributed by atoms with van der Waals surface area (Å²) in [6, 6.07) is 25.6. The summed E-state index contributed by atoms with van der Waals surface area (Å²) < 4.78 is 72.6. The van der Waals surface area contributed by atoms with Gasteiger partial charge >= 0.3 is 6.09 Å². The molecule has 3 aliphatic heterocycles. The van der Waals surface area contributed by atoms with Gasteiger partial charge in [0.2, 0.25) is 5.71 Å². The van der Waals surface area contributed by atoms with Gasteiger partial charge in [0.05, 0.1) is 35.6 Å². The topological polar surface area (TPSA) is 152 Å². The smallest absolute Gasteiger partial charge is 0.410 e. The minimum Gasteiger partial charge on any atom is -0.748 e. The fourth-order valence-corrected chi connectivity index (χ4v) is 12.5. The Kier molecular flexibility index (Phi) is 14.9. The third-order valence-corrected chi connectivity index (χ3v) is 16.1. The number of hydroxylamine groups is 1. The van der Waals surface area contributed by atoms with Gasteiger partial charge in [-0.15, -0.1) is 0 Å². The number of fused-ring (bicyclic) bond motifs is 6. The molecule has 0 aromatic heterocycles. The second-order valence-electron chi connectivity index (χ2n) is 19.4. The van der Waals surface area contributed by atoms with Crippen molar-refractivity contribution in [2.24, 2.45) is 0 Å². The Balaban J connectivity index is 1.19. The fraction of sp³-hybridized carbons (Fsp3) is 0.444. The van der Waals surface area contributed by atoms with E-state index in [0.29, 0.717) is 71.7 Å². The number of carbonyl (C=O) groups excluding carboxylic acids is 1. The Morgan fingerprint density at radius 3 is 1.67 bits per heavy atom. The lowest BCUT2D eigenvalue weighted by Crippen LogP contribution is -2.47. The van der Waals surface area contributed by atoms with Crippen LogP contribution in [0.4, 0.5) is 16.2 Å². The van der Waals surface area contributed by atoms with E-state index in [1.165, 1.54) is 38.4 Å². The third-order valence-electron chi connectivity index (χ3n) is 14.2. The van der Waals surface area contributed by atoms with Gasteiger partial charge in [-0.3, -0.25) is 4.90 Å².